The van der Waals surface area contributed by atoms with Gasteiger partial charge >= 0.3 is 0 Å². The number of aryl methyl sites for hydroxylation is 1. The molecule has 0 aliphatic heterocycles. The number of anilines is 3. The van der Waals surface area contributed by atoms with Gasteiger partial charge in [0, 0.05) is 23.3 Å². The highest BCUT2D eigenvalue weighted by Gasteiger charge is 2.02. The van der Waals surface area contributed by atoms with Crippen LogP contribution < -0.4 is 10.6 Å². The molecule has 0 bridgehead atoms. The van der Waals surface area contributed by atoms with Gasteiger partial charge in [-0.2, -0.15) is 0 Å². The lowest BCUT2D eigenvalue weighted by Gasteiger charge is -2.10. The molecule has 0 spiro atoms. The van der Waals surface area contributed by atoms with Gasteiger partial charge in [0.15, 0.2) is 0 Å². The number of halogens is 1. The fourth-order valence-electron chi connectivity index (χ4n) is 1.83. The predicted molar refractivity (Wildman–Crippen MR) is 84.9 cm³/mol. The van der Waals surface area contributed by atoms with Gasteiger partial charge in [-0.25, -0.2) is 9.97 Å². The largest absolute Gasteiger partial charge is 0.370 e. The van der Waals surface area contributed by atoms with Gasteiger partial charge < -0.3 is 10.6 Å². The molecule has 0 saturated carbocycles. The molecule has 5 heteroatoms. The Morgan fingerprint density at radius 1 is 1.15 bits per heavy atom. The van der Waals surface area contributed by atoms with Crippen LogP contribution in [-0.4, -0.2) is 16.5 Å². The quantitative estimate of drug-likeness (QED) is 0.775. The molecule has 1 aromatic carbocycles. The summed E-state index contributed by atoms with van der Waals surface area (Å²) in [6.45, 7) is 4.97. The fraction of sp³-hybridized carbons (Fsp3) is 0.333. The van der Waals surface area contributed by atoms with Crippen LogP contribution in [-0.2, 0) is 0 Å². The van der Waals surface area contributed by atoms with E-state index in [9.17, 15) is 0 Å². The van der Waals surface area contributed by atoms with E-state index in [0.29, 0.717) is 5.02 Å². The van der Waals surface area contributed by atoms with Crippen LogP contribution in [0.25, 0.3) is 0 Å². The van der Waals surface area contributed by atoms with Gasteiger partial charge in [0.05, 0.1) is 0 Å². The van der Waals surface area contributed by atoms with Crippen molar-refractivity contribution in [3.63, 3.8) is 0 Å². The summed E-state index contributed by atoms with van der Waals surface area (Å²) in [6.07, 6.45) is 2.28. The minimum atomic E-state index is 0.696. The molecule has 0 aliphatic rings. The van der Waals surface area contributed by atoms with Gasteiger partial charge in [-0.15, -0.1) is 0 Å². The number of nitrogens with one attached hydrogen (secondary N) is 2. The van der Waals surface area contributed by atoms with Gasteiger partial charge in [-0.3, -0.25) is 0 Å². The Labute approximate surface area is 124 Å². The number of benzene rings is 1. The van der Waals surface area contributed by atoms with Crippen molar-refractivity contribution < 1.29 is 0 Å². The van der Waals surface area contributed by atoms with Crippen molar-refractivity contribution in [3.05, 3.63) is 41.2 Å². The van der Waals surface area contributed by atoms with Crippen molar-refractivity contribution in [2.24, 2.45) is 0 Å². The second-order valence-corrected chi connectivity index (χ2v) is 5.04. The van der Waals surface area contributed by atoms with Gasteiger partial charge in [-0.05, 0) is 31.5 Å². The Balaban J connectivity index is 2.11. The highest BCUT2D eigenvalue weighted by atomic mass is 35.5. The third kappa shape index (κ3) is 4.38. The van der Waals surface area contributed by atoms with E-state index in [4.69, 9.17) is 11.6 Å². The summed E-state index contributed by atoms with van der Waals surface area (Å²) >= 11 is 5.97. The first kappa shape index (κ1) is 14.6. The second kappa shape index (κ2) is 7.10. The molecule has 1 aromatic heterocycles. The molecule has 0 unspecified atom stereocenters. The molecule has 0 saturated heterocycles. The van der Waals surface area contributed by atoms with E-state index >= 15 is 0 Å². The molecule has 106 valence electrons. The molecule has 0 amide bonds. The monoisotopic (exact) mass is 290 g/mol. The smallest absolute Gasteiger partial charge is 0.136 e. The average Bonchev–Trinajstić information content (AvgIpc) is 2.38. The van der Waals surface area contributed by atoms with Crippen LogP contribution in [0.3, 0.4) is 0 Å². The van der Waals surface area contributed by atoms with Crippen LogP contribution in [0.1, 0.15) is 25.6 Å². The molecule has 2 rings (SSSR count). The highest BCUT2D eigenvalue weighted by molar-refractivity contribution is 6.30. The van der Waals surface area contributed by atoms with Crippen molar-refractivity contribution in [1.82, 2.24) is 9.97 Å². The Morgan fingerprint density at radius 3 is 2.70 bits per heavy atom. The van der Waals surface area contributed by atoms with E-state index in [1.165, 1.54) is 0 Å². The van der Waals surface area contributed by atoms with Gasteiger partial charge in [0.1, 0.15) is 17.5 Å². The number of nitrogens with zero attached hydrogens (tertiary/aromatic N) is 2. The van der Waals surface area contributed by atoms with Gasteiger partial charge in [0.2, 0.25) is 0 Å². The van der Waals surface area contributed by atoms with Crippen molar-refractivity contribution in [2.45, 2.75) is 26.7 Å². The molecule has 0 radical (unpaired) electrons. The first-order valence-corrected chi connectivity index (χ1v) is 7.17. The Morgan fingerprint density at radius 2 is 1.95 bits per heavy atom. The SMILES string of the molecule is CCCCNc1cc(Nc2cccc(Cl)c2)nc(C)n1. The second-order valence-electron chi connectivity index (χ2n) is 4.60. The first-order chi connectivity index (χ1) is 9.67. The van der Waals surface area contributed by atoms with E-state index in [0.717, 1.165) is 42.5 Å². The minimum Gasteiger partial charge on any atom is -0.370 e. The third-order valence-corrected chi connectivity index (χ3v) is 3.01. The normalized spacial score (nSPS) is 10.3. The van der Waals surface area contributed by atoms with Gasteiger partial charge in [-0.1, -0.05) is 31.0 Å². The zero-order valence-electron chi connectivity index (χ0n) is 11.8. The lowest BCUT2D eigenvalue weighted by molar-refractivity contribution is 0.829. The number of rotatable bonds is 6. The predicted octanol–water partition coefficient (Wildman–Crippen LogP) is 4.39. The lowest BCUT2D eigenvalue weighted by Crippen LogP contribution is -2.06. The molecule has 2 aromatic rings. The standard InChI is InChI=1S/C15H19ClN4/c1-3-4-8-17-14-10-15(19-11(2)18-14)20-13-7-5-6-12(16)9-13/h5-7,9-10H,3-4,8H2,1-2H3,(H2,17,18,19,20). The molecule has 0 aliphatic carbocycles. The van der Waals surface area contributed by atoms with Crippen molar-refractivity contribution in [1.29, 1.82) is 0 Å². The molecule has 20 heavy (non-hydrogen) atoms. The molecular weight excluding hydrogens is 272 g/mol. The van der Waals surface area contributed by atoms with Crippen LogP contribution in [0.15, 0.2) is 30.3 Å². The zero-order chi connectivity index (χ0) is 14.4. The Kier molecular flexibility index (Phi) is 5.18. The maximum Gasteiger partial charge on any atom is 0.136 e. The summed E-state index contributed by atoms with van der Waals surface area (Å²) in [5.74, 6) is 2.34. The van der Waals surface area contributed by atoms with Crippen LogP contribution in [0.2, 0.25) is 5.02 Å². The van der Waals surface area contributed by atoms with E-state index in [-0.39, 0.29) is 0 Å². The molecule has 1 heterocycles. The number of unbranched alkanes of at least 4 members (excludes halogenated alkanes) is 1. The van der Waals surface area contributed by atoms with Crippen LogP contribution >= 0.6 is 11.6 Å². The summed E-state index contributed by atoms with van der Waals surface area (Å²) in [4.78, 5) is 8.76. The van der Waals surface area contributed by atoms with Crippen LogP contribution in [0.4, 0.5) is 17.3 Å². The summed E-state index contributed by atoms with van der Waals surface area (Å²) < 4.78 is 0. The summed E-state index contributed by atoms with van der Waals surface area (Å²) in [6, 6.07) is 9.47. The summed E-state index contributed by atoms with van der Waals surface area (Å²) in [5, 5.41) is 7.24. The Bertz CT molecular complexity index is 572. The molecule has 2 N–H and O–H groups in total. The molecule has 0 fully saturated rings. The first-order valence-electron chi connectivity index (χ1n) is 6.79. The Hall–Kier alpha value is -1.81. The van der Waals surface area contributed by atoms with E-state index < -0.39 is 0 Å². The summed E-state index contributed by atoms with van der Waals surface area (Å²) in [7, 11) is 0. The minimum absolute atomic E-state index is 0.696. The third-order valence-electron chi connectivity index (χ3n) is 2.77. The van der Waals surface area contributed by atoms with Gasteiger partial charge in [0.25, 0.3) is 0 Å². The van der Waals surface area contributed by atoms with Crippen LogP contribution in [0, 0.1) is 6.92 Å². The van der Waals surface area contributed by atoms with Crippen LogP contribution in [0.5, 0.6) is 0 Å². The number of aromatic nitrogens is 2. The van der Waals surface area contributed by atoms with E-state index in [1.54, 1.807) is 0 Å². The average molecular weight is 291 g/mol. The zero-order valence-corrected chi connectivity index (χ0v) is 12.5. The van der Waals surface area contributed by atoms with E-state index in [1.807, 2.05) is 37.3 Å². The number of hydrogen-bond acceptors (Lipinski definition) is 4. The highest BCUT2D eigenvalue weighted by Crippen LogP contribution is 2.20. The maximum atomic E-state index is 5.97. The van der Waals surface area contributed by atoms with Crippen molar-refractivity contribution in [3.8, 4) is 0 Å². The molecule has 4 nitrogen and oxygen atoms in total. The number of hydrogen-bond donors (Lipinski definition) is 2. The maximum absolute atomic E-state index is 5.97. The van der Waals surface area contributed by atoms with Crippen molar-refractivity contribution in [2.75, 3.05) is 17.2 Å². The van der Waals surface area contributed by atoms with E-state index in [2.05, 4.69) is 27.5 Å². The van der Waals surface area contributed by atoms with Crippen molar-refractivity contribution >= 4 is 28.9 Å². The summed E-state index contributed by atoms with van der Waals surface area (Å²) in [5.41, 5.74) is 0.912. The molecular formula is C15H19ClN4. The topological polar surface area (TPSA) is 49.8 Å². The fourth-order valence-corrected chi connectivity index (χ4v) is 2.02. The lowest BCUT2D eigenvalue weighted by atomic mass is 10.3. The molecule has 0 atom stereocenters.